The highest BCUT2D eigenvalue weighted by Gasteiger charge is 2.63. The summed E-state index contributed by atoms with van der Waals surface area (Å²) >= 11 is 0. The van der Waals surface area contributed by atoms with Crippen molar-refractivity contribution in [3.05, 3.63) is 23.3 Å². The molecule has 1 atom stereocenters. The first kappa shape index (κ1) is 18.6. The molecule has 0 saturated heterocycles. The number of methoxy groups -OCH3 is 1. The van der Waals surface area contributed by atoms with Gasteiger partial charge in [-0.15, -0.1) is 0 Å². The Labute approximate surface area is 139 Å². The summed E-state index contributed by atoms with van der Waals surface area (Å²) in [6.07, 6.45) is -2.46. The van der Waals surface area contributed by atoms with Crippen LogP contribution in [0, 0.1) is 12.8 Å². The first-order valence-electron chi connectivity index (χ1n) is 7.87. The molecule has 0 amide bonds. The Kier molecular flexibility index (Phi) is 5.13. The van der Waals surface area contributed by atoms with Gasteiger partial charge in [-0.1, -0.05) is 0 Å². The summed E-state index contributed by atoms with van der Waals surface area (Å²) in [5.41, 5.74) is -2.06. The van der Waals surface area contributed by atoms with Crippen LogP contribution in [0.4, 0.5) is 18.9 Å². The second-order valence-electron chi connectivity index (χ2n) is 6.20. The van der Waals surface area contributed by atoms with E-state index < -0.39 is 17.7 Å². The van der Waals surface area contributed by atoms with Crippen molar-refractivity contribution in [2.75, 3.05) is 20.7 Å². The summed E-state index contributed by atoms with van der Waals surface area (Å²) in [5.74, 6) is -0.829. The van der Waals surface area contributed by atoms with Crippen molar-refractivity contribution in [2.45, 2.75) is 38.5 Å². The Morgan fingerprint density at radius 2 is 2.00 bits per heavy atom. The van der Waals surface area contributed by atoms with Crippen LogP contribution in [0.2, 0.25) is 0 Å². The van der Waals surface area contributed by atoms with E-state index in [1.54, 1.807) is 13.3 Å². The van der Waals surface area contributed by atoms with Gasteiger partial charge in [0.25, 0.3) is 0 Å². The van der Waals surface area contributed by atoms with Crippen LogP contribution in [0.25, 0.3) is 0 Å². The van der Waals surface area contributed by atoms with Gasteiger partial charge in [-0.25, -0.2) is 4.99 Å². The topological polar surface area (TPSA) is 45.1 Å². The van der Waals surface area contributed by atoms with Gasteiger partial charge in [-0.3, -0.25) is 0 Å². The van der Waals surface area contributed by atoms with Gasteiger partial charge in [0.05, 0.1) is 19.1 Å². The standard InChI is InChI=1S/C17H23F3N2O2/c1-5-22(3)10-21-14-9-15(24-4)13(8-11(14)2)16(23,12-6-7-12)17(18,19)20/h8-10,12,23H,5-7H2,1-4H3. The molecule has 1 unspecified atom stereocenters. The smallest absolute Gasteiger partial charge is 0.421 e. The Balaban J connectivity index is 2.52. The molecule has 0 spiro atoms. The summed E-state index contributed by atoms with van der Waals surface area (Å²) < 4.78 is 45.9. The minimum absolute atomic E-state index is 0.00127. The lowest BCUT2D eigenvalue weighted by molar-refractivity contribution is -0.275. The number of hydrogen-bond donors (Lipinski definition) is 1. The third kappa shape index (κ3) is 3.36. The lowest BCUT2D eigenvalue weighted by Gasteiger charge is -2.32. The van der Waals surface area contributed by atoms with Crippen LogP contribution in [0.5, 0.6) is 5.75 Å². The van der Waals surface area contributed by atoms with E-state index in [2.05, 4.69) is 4.99 Å². The molecule has 134 valence electrons. The van der Waals surface area contributed by atoms with Gasteiger partial charge in [-0.2, -0.15) is 13.2 Å². The van der Waals surface area contributed by atoms with Crippen molar-refractivity contribution < 1.29 is 23.0 Å². The second-order valence-corrected chi connectivity index (χ2v) is 6.20. The molecule has 1 saturated carbocycles. The molecule has 1 aliphatic carbocycles. The Morgan fingerprint density at radius 3 is 2.46 bits per heavy atom. The zero-order valence-electron chi connectivity index (χ0n) is 14.3. The number of alkyl halides is 3. The van der Waals surface area contributed by atoms with Crippen molar-refractivity contribution in [3.63, 3.8) is 0 Å². The maximum absolute atomic E-state index is 13.6. The molecule has 2 rings (SSSR count). The van der Waals surface area contributed by atoms with Gasteiger partial charge in [0.15, 0.2) is 5.60 Å². The third-order valence-electron chi connectivity index (χ3n) is 4.42. The summed E-state index contributed by atoms with van der Waals surface area (Å²) in [6, 6.07) is 2.78. The predicted molar refractivity (Wildman–Crippen MR) is 86.9 cm³/mol. The van der Waals surface area contributed by atoms with Gasteiger partial charge >= 0.3 is 6.18 Å². The van der Waals surface area contributed by atoms with Crippen molar-refractivity contribution >= 4 is 12.0 Å². The molecule has 0 radical (unpaired) electrons. The molecule has 4 nitrogen and oxygen atoms in total. The highest BCUT2D eigenvalue weighted by atomic mass is 19.4. The molecule has 0 aliphatic heterocycles. The van der Waals surface area contributed by atoms with Gasteiger partial charge < -0.3 is 14.7 Å². The second kappa shape index (κ2) is 6.63. The van der Waals surface area contributed by atoms with Gasteiger partial charge in [0.1, 0.15) is 5.75 Å². The number of benzene rings is 1. The molecule has 1 N–H and O–H groups in total. The van der Waals surface area contributed by atoms with Gasteiger partial charge in [-0.05, 0) is 38.3 Å². The molecule has 24 heavy (non-hydrogen) atoms. The summed E-state index contributed by atoms with van der Waals surface area (Å²) in [4.78, 5) is 6.13. The van der Waals surface area contributed by atoms with Crippen LogP contribution < -0.4 is 4.74 Å². The first-order valence-corrected chi connectivity index (χ1v) is 7.87. The third-order valence-corrected chi connectivity index (χ3v) is 4.42. The first-order chi connectivity index (χ1) is 11.1. The fraction of sp³-hybridized carbons (Fsp3) is 0.588. The van der Waals surface area contributed by atoms with Gasteiger partial charge in [0, 0.05) is 31.1 Å². The summed E-state index contributed by atoms with van der Waals surface area (Å²) in [6.45, 7) is 4.39. The van der Waals surface area contributed by atoms with Crippen LogP contribution in [0.3, 0.4) is 0 Å². The predicted octanol–water partition coefficient (Wildman–Crippen LogP) is 3.78. The average molecular weight is 344 g/mol. The zero-order valence-corrected chi connectivity index (χ0v) is 14.3. The normalized spacial score (nSPS) is 17.8. The number of halogens is 3. The van der Waals surface area contributed by atoms with Crippen molar-refractivity contribution in [3.8, 4) is 5.75 Å². The number of aryl methyl sites for hydroxylation is 1. The number of nitrogens with zero attached hydrogens (tertiary/aromatic N) is 2. The maximum Gasteiger partial charge on any atom is 0.421 e. The van der Waals surface area contributed by atoms with E-state index in [1.165, 1.54) is 19.2 Å². The monoisotopic (exact) mass is 344 g/mol. The molecule has 1 aromatic carbocycles. The van der Waals surface area contributed by atoms with Crippen molar-refractivity contribution in [1.82, 2.24) is 4.90 Å². The number of aliphatic imine (C=N–C) groups is 1. The van der Waals surface area contributed by atoms with E-state index in [1.807, 2.05) is 18.9 Å². The fourth-order valence-electron chi connectivity index (χ4n) is 2.63. The molecule has 1 fully saturated rings. The molecule has 7 heteroatoms. The SMILES string of the molecule is CCN(C)C=Nc1cc(OC)c(C(O)(C2CC2)C(F)(F)F)cc1C. The largest absolute Gasteiger partial charge is 0.496 e. The molecule has 0 aromatic heterocycles. The number of ether oxygens (including phenoxy) is 1. The van der Waals surface area contributed by atoms with Crippen LogP contribution in [0.15, 0.2) is 17.1 Å². The highest BCUT2D eigenvalue weighted by molar-refractivity contribution is 5.65. The van der Waals surface area contributed by atoms with Crippen LogP contribution >= 0.6 is 0 Å². The van der Waals surface area contributed by atoms with E-state index in [0.29, 0.717) is 24.1 Å². The minimum Gasteiger partial charge on any atom is -0.496 e. The Hall–Kier alpha value is -1.76. The van der Waals surface area contributed by atoms with E-state index in [4.69, 9.17) is 4.74 Å². The molecule has 0 bridgehead atoms. The lowest BCUT2D eigenvalue weighted by atomic mass is 9.86. The maximum atomic E-state index is 13.6. The minimum atomic E-state index is -4.76. The number of rotatable bonds is 6. The molecular formula is C17H23F3N2O2. The van der Waals surface area contributed by atoms with Crippen LogP contribution in [-0.4, -0.2) is 43.2 Å². The summed E-state index contributed by atoms with van der Waals surface area (Å²) in [7, 11) is 3.14. The number of hydrogen-bond acceptors (Lipinski definition) is 3. The summed E-state index contributed by atoms with van der Waals surface area (Å²) in [5, 5.41) is 10.5. The van der Waals surface area contributed by atoms with E-state index in [9.17, 15) is 18.3 Å². The zero-order chi connectivity index (χ0) is 18.1. The van der Waals surface area contributed by atoms with Crippen LogP contribution in [0.1, 0.15) is 30.9 Å². The molecule has 0 heterocycles. The van der Waals surface area contributed by atoms with E-state index in [0.717, 1.165) is 6.54 Å². The lowest BCUT2D eigenvalue weighted by Crippen LogP contribution is -2.44. The highest BCUT2D eigenvalue weighted by Crippen LogP contribution is 2.56. The van der Waals surface area contributed by atoms with E-state index in [-0.39, 0.29) is 11.3 Å². The molecule has 1 aliphatic rings. The average Bonchev–Trinajstić information content (AvgIpc) is 3.36. The van der Waals surface area contributed by atoms with Crippen LogP contribution in [-0.2, 0) is 5.60 Å². The molecular weight excluding hydrogens is 321 g/mol. The Bertz CT molecular complexity index is 627. The van der Waals surface area contributed by atoms with Crippen molar-refractivity contribution in [1.29, 1.82) is 0 Å². The quantitative estimate of drug-likeness (QED) is 0.631. The fourth-order valence-corrected chi connectivity index (χ4v) is 2.63. The molecule has 1 aromatic rings. The van der Waals surface area contributed by atoms with Crippen molar-refractivity contribution in [2.24, 2.45) is 10.9 Å². The van der Waals surface area contributed by atoms with Gasteiger partial charge in [0.2, 0.25) is 0 Å². The van der Waals surface area contributed by atoms with E-state index >= 15 is 0 Å². The number of aliphatic hydroxyl groups is 1. The Morgan fingerprint density at radius 1 is 1.38 bits per heavy atom.